The predicted molar refractivity (Wildman–Crippen MR) is 92.5 cm³/mol. The van der Waals surface area contributed by atoms with E-state index in [1.54, 1.807) is 0 Å². The molecule has 0 aliphatic carbocycles. The summed E-state index contributed by atoms with van der Waals surface area (Å²) in [5, 5.41) is 0. The van der Waals surface area contributed by atoms with Crippen LogP contribution in [-0.4, -0.2) is 26.4 Å². The van der Waals surface area contributed by atoms with Gasteiger partial charge >= 0.3 is 5.97 Å². The molecule has 1 atom stereocenters. The van der Waals surface area contributed by atoms with E-state index in [1.807, 2.05) is 0 Å². The Morgan fingerprint density at radius 1 is 1.15 bits per heavy atom. The van der Waals surface area contributed by atoms with E-state index in [0.717, 1.165) is 12.1 Å². The fraction of sp³-hybridized carbons (Fsp3) is 0.176. The minimum absolute atomic E-state index is 0.0577. The van der Waals surface area contributed by atoms with Crippen molar-refractivity contribution in [3.63, 3.8) is 0 Å². The summed E-state index contributed by atoms with van der Waals surface area (Å²) in [6.45, 7) is 2.82. The molecule has 2 aromatic carbocycles. The first-order valence-corrected chi connectivity index (χ1v) is 8.98. The Balaban J connectivity index is 2.16. The Labute approximate surface area is 150 Å². The van der Waals surface area contributed by atoms with Gasteiger partial charge in [-0.3, -0.25) is 9.52 Å². The smallest absolute Gasteiger partial charge is 0.338 e. The monoisotopic (exact) mass is 380 g/mol. The number of esters is 1. The van der Waals surface area contributed by atoms with Gasteiger partial charge in [-0.25, -0.2) is 17.6 Å². The van der Waals surface area contributed by atoms with E-state index in [2.05, 4.69) is 4.72 Å². The average Bonchev–Trinajstić information content (AvgIpc) is 2.54. The fourth-order valence-corrected chi connectivity index (χ4v) is 3.37. The normalized spacial score (nSPS) is 12.3. The standard InChI is InChI=1S/C17H17FN2O5S/c1-10-9-13(18)5-8-15(10)26(23,24)20-14-6-3-12(4-7-14)17(22)25-11(2)16(19)21/h3-9,11,20H,1-2H3,(H2,19,21)/t11-/m0/s1. The molecule has 0 aliphatic heterocycles. The van der Waals surface area contributed by atoms with E-state index < -0.39 is 33.8 Å². The number of carbonyl (C=O) groups excluding carboxylic acids is 2. The maximum Gasteiger partial charge on any atom is 0.338 e. The molecule has 1 amide bonds. The van der Waals surface area contributed by atoms with Crippen LogP contribution < -0.4 is 10.5 Å². The minimum Gasteiger partial charge on any atom is -0.449 e. The first kappa shape index (κ1) is 19.4. The number of primary amides is 1. The number of carbonyl (C=O) groups is 2. The van der Waals surface area contributed by atoms with Crippen molar-refractivity contribution in [3.8, 4) is 0 Å². The Bertz CT molecular complexity index is 942. The minimum atomic E-state index is -3.92. The Hall–Kier alpha value is -2.94. The van der Waals surface area contributed by atoms with Crippen LogP contribution in [0.1, 0.15) is 22.8 Å². The van der Waals surface area contributed by atoms with Crippen LogP contribution in [0.15, 0.2) is 47.4 Å². The largest absolute Gasteiger partial charge is 0.449 e. The maximum atomic E-state index is 13.1. The zero-order chi connectivity index (χ0) is 19.5. The van der Waals surface area contributed by atoms with Gasteiger partial charge in [0.25, 0.3) is 15.9 Å². The van der Waals surface area contributed by atoms with Gasteiger partial charge in [0.1, 0.15) is 5.82 Å². The third kappa shape index (κ3) is 4.57. The van der Waals surface area contributed by atoms with Crippen LogP contribution in [0, 0.1) is 12.7 Å². The molecule has 0 spiro atoms. The number of amides is 1. The number of ether oxygens (including phenoxy) is 1. The molecule has 26 heavy (non-hydrogen) atoms. The van der Waals surface area contributed by atoms with Gasteiger partial charge in [0.2, 0.25) is 0 Å². The van der Waals surface area contributed by atoms with Crippen molar-refractivity contribution < 1.29 is 27.1 Å². The molecule has 0 saturated carbocycles. The van der Waals surface area contributed by atoms with Gasteiger partial charge < -0.3 is 10.5 Å². The number of aryl methyl sites for hydroxylation is 1. The summed E-state index contributed by atoms with van der Waals surface area (Å²) < 4.78 is 45.1. The molecule has 0 aliphatic rings. The molecule has 0 heterocycles. The van der Waals surface area contributed by atoms with Gasteiger partial charge in [-0.15, -0.1) is 0 Å². The number of nitrogens with one attached hydrogen (secondary N) is 1. The zero-order valence-electron chi connectivity index (χ0n) is 14.0. The molecule has 3 N–H and O–H groups in total. The summed E-state index contributed by atoms with van der Waals surface area (Å²) in [7, 11) is -3.92. The molecule has 2 aromatic rings. The van der Waals surface area contributed by atoms with Crippen LogP contribution in [0.5, 0.6) is 0 Å². The van der Waals surface area contributed by atoms with Crippen LogP contribution in [0.2, 0.25) is 0 Å². The highest BCUT2D eigenvalue weighted by Crippen LogP contribution is 2.20. The van der Waals surface area contributed by atoms with E-state index in [1.165, 1.54) is 44.2 Å². The first-order chi connectivity index (χ1) is 12.1. The molecular weight excluding hydrogens is 363 g/mol. The van der Waals surface area contributed by atoms with Gasteiger partial charge in [-0.05, 0) is 61.9 Å². The lowest BCUT2D eigenvalue weighted by molar-refractivity contribution is -0.125. The molecule has 138 valence electrons. The number of hydrogen-bond donors (Lipinski definition) is 2. The number of sulfonamides is 1. The Morgan fingerprint density at radius 2 is 1.77 bits per heavy atom. The van der Waals surface area contributed by atoms with E-state index in [4.69, 9.17) is 10.5 Å². The molecule has 0 unspecified atom stereocenters. The molecule has 0 fully saturated rings. The highest BCUT2D eigenvalue weighted by atomic mass is 32.2. The number of nitrogens with two attached hydrogens (primary N) is 1. The maximum absolute atomic E-state index is 13.1. The molecule has 0 saturated heterocycles. The topological polar surface area (TPSA) is 116 Å². The van der Waals surface area contributed by atoms with Crippen LogP contribution in [0.4, 0.5) is 10.1 Å². The van der Waals surface area contributed by atoms with E-state index in [-0.39, 0.29) is 21.7 Å². The van der Waals surface area contributed by atoms with Crippen molar-refractivity contribution in [3.05, 3.63) is 59.4 Å². The third-order valence-electron chi connectivity index (χ3n) is 3.48. The number of benzene rings is 2. The summed E-state index contributed by atoms with van der Waals surface area (Å²) in [6, 6.07) is 8.75. The van der Waals surface area contributed by atoms with E-state index in [0.29, 0.717) is 0 Å². The van der Waals surface area contributed by atoms with Gasteiger partial charge in [-0.1, -0.05) is 0 Å². The van der Waals surface area contributed by atoms with Crippen molar-refractivity contribution in [1.29, 1.82) is 0 Å². The number of anilines is 1. The highest BCUT2D eigenvalue weighted by molar-refractivity contribution is 7.92. The van der Waals surface area contributed by atoms with E-state index in [9.17, 15) is 22.4 Å². The third-order valence-corrected chi connectivity index (χ3v) is 5.03. The molecule has 9 heteroatoms. The lowest BCUT2D eigenvalue weighted by atomic mass is 10.2. The molecule has 0 radical (unpaired) electrons. The van der Waals surface area contributed by atoms with Crippen molar-refractivity contribution >= 4 is 27.6 Å². The second-order valence-corrected chi connectivity index (χ2v) is 7.19. The van der Waals surface area contributed by atoms with Crippen LogP contribution in [0.3, 0.4) is 0 Å². The summed E-state index contributed by atoms with van der Waals surface area (Å²) in [5.41, 5.74) is 5.60. The Morgan fingerprint density at radius 3 is 2.31 bits per heavy atom. The number of halogens is 1. The van der Waals surface area contributed by atoms with Crippen molar-refractivity contribution in [2.45, 2.75) is 24.8 Å². The molecule has 7 nitrogen and oxygen atoms in total. The lowest BCUT2D eigenvalue weighted by Gasteiger charge is -2.12. The first-order valence-electron chi connectivity index (χ1n) is 7.49. The van der Waals surface area contributed by atoms with E-state index >= 15 is 0 Å². The van der Waals surface area contributed by atoms with Crippen molar-refractivity contribution in [2.24, 2.45) is 5.73 Å². The fourth-order valence-electron chi connectivity index (χ4n) is 2.09. The summed E-state index contributed by atoms with van der Waals surface area (Å²) in [5.74, 6) is -2.08. The molecule has 2 rings (SSSR count). The highest BCUT2D eigenvalue weighted by Gasteiger charge is 2.19. The average molecular weight is 380 g/mol. The summed E-state index contributed by atoms with van der Waals surface area (Å²) >= 11 is 0. The second-order valence-electron chi connectivity index (χ2n) is 5.54. The Kier molecular flexibility index (Phi) is 5.61. The van der Waals surface area contributed by atoms with Gasteiger partial charge in [-0.2, -0.15) is 0 Å². The summed E-state index contributed by atoms with van der Waals surface area (Å²) in [6.07, 6.45) is -1.08. The molecule has 0 bridgehead atoms. The zero-order valence-corrected chi connectivity index (χ0v) is 14.8. The number of rotatable bonds is 6. The van der Waals surface area contributed by atoms with Crippen molar-refractivity contribution in [2.75, 3.05) is 4.72 Å². The van der Waals surface area contributed by atoms with Gasteiger partial charge in [0.05, 0.1) is 10.5 Å². The second kappa shape index (κ2) is 7.52. The lowest BCUT2D eigenvalue weighted by Crippen LogP contribution is -2.30. The number of hydrogen-bond acceptors (Lipinski definition) is 5. The summed E-state index contributed by atoms with van der Waals surface area (Å²) in [4.78, 5) is 22.7. The predicted octanol–water partition coefficient (Wildman–Crippen LogP) is 1.97. The molecule has 0 aromatic heterocycles. The van der Waals surface area contributed by atoms with Crippen molar-refractivity contribution in [1.82, 2.24) is 0 Å². The van der Waals surface area contributed by atoms with Gasteiger partial charge in [0, 0.05) is 5.69 Å². The van der Waals surface area contributed by atoms with Crippen LogP contribution in [0.25, 0.3) is 0 Å². The van der Waals surface area contributed by atoms with Crippen LogP contribution in [-0.2, 0) is 19.6 Å². The van der Waals surface area contributed by atoms with Crippen LogP contribution >= 0.6 is 0 Å². The van der Waals surface area contributed by atoms with Gasteiger partial charge in [0.15, 0.2) is 6.10 Å². The quantitative estimate of drug-likeness (QED) is 0.744. The molecular formula is C17H17FN2O5S. The SMILES string of the molecule is Cc1cc(F)ccc1S(=O)(=O)Nc1ccc(C(=O)O[C@@H](C)C(N)=O)cc1.